The minimum absolute atomic E-state index is 0.305. The molecular formula is C16H25NO2. The van der Waals surface area contributed by atoms with Crippen molar-refractivity contribution in [3.8, 4) is 0 Å². The first-order valence-electron chi connectivity index (χ1n) is 6.06. The topological polar surface area (TPSA) is 38.3 Å². The molecule has 1 N–H and O–H groups in total. The van der Waals surface area contributed by atoms with E-state index in [4.69, 9.17) is 0 Å². The third-order valence-corrected chi connectivity index (χ3v) is 2.05. The maximum atomic E-state index is 9.82. The zero-order valence-electron chi connectivity index (χ0n) is 12.4. The van der Waals surface area contributed by atoms with Crippen LogP contribution in [0.25, 0.3) is 0 Å². The maximum absolute atomic E-state index is 9.82. The predicted octanol–water partition coefficient (Wildman–Crippen LogP) is 3.53. The van der Waals surface area contributed by atoms with Gasteiger partial charge in [-0.05, 0) is 31.9 Å². The van der Waals surface area contributed by atoms with Crippen LogP contribution in [-0.2, 0) is 9.53 Å². The zero-order valence-corrected chi connectivity index (χ0v) is 12.4. The number of hydrogen-bond donors (Lipinski definition) is 1. The van der Waals surface area contributed by atoms with Crippen molar-refractivity contribution in [1.29, 1.82) is 0 Å². The molecule has 0 aromatic rings. The third kappa shape index (κ3) is 12.2. The van der Waals surface area contributed by atoms with E-state index in [1.165, 1.54) is 0 Å². The number of likely N-dealkylation sites (N-methyl/N-ethyl adjacent to an activating group) is 1. The Morgan fingerprint density at radius 2 is 2.00 bits per heavy atom. The second-order valence-electron chi connectivity index (χ2n) is 3.62. The van der Waals surface area contributed by atoms with Crippen molar-refractivity contribution in [1.82, 2.24) is 5.32 Å². The van der Waals surface area contributed by atoms with Crippen LogP contribution in [0.15, 0.2) is 60.4 Å². The number of carbonyl (C=O) groups is 1. The van der Waals surface area contributed by atoms with E-state index in [1.807, 2.05) is 46.0 Å². The highest BCUT2D eigenvalue weighted by atomic mass is 16.5. The number of carbonyl (C=O) groups excluding carboxylic acids is 1. The van der Waals surface area contributed by atoms with Gasteiger partial charge in [0.1, 0.15) is 6.61 Å². The minimum Gasteiger partial charge on any atom is -0.463 e. The molecule has 0 heterocycles. The van der Waals surface area contributed by atoms with Gasteiger partial charge in [-0.2, -0.15) is 0 Å². The first kappa shape index (κ1) is 19.3. The van der Waals surface area contributed by atoms with Crippen LogP contribution < -0.4 is 5.32 Å². The fourth-order valence-corrected chi connectivity index (χ4v) is 1.25. The Labute approximate surface area is 117 Å². The first-order chi connectivity index (χ1) is 9.06. The standard InChI is InChI=1S/C9H12O2.C7H13N/c1-3-5-9(6-4-2)7-11-8-10;1-5-7(8-4)6(2)3/h3-6,8H,1,7H2,2H3;5,8H,2H2,1,3-4H3/b6-4-,9-5+;7-5-. The predicted molar refractivity (Wildman–Crippen MR) is 82.7 cm³/mol. The summed E-state index contributed by atoms with van der Waals surface area (Å²) in [5.74, 6) is 0. The normalized spacial score (nSPS) is 11.4. The largest absolute Gasteiger partial charge is 0.463 e. The van der Waals surface area contributed by atoms with E-state index < -0.39 is 0 Å². The summed E-state index contributed by atoms with van der Waals surface area (Å²) in [5.41, 5.74) is 3.12. The lowest BCUT2D eigenvalue weighted by molar-refractivity contribution is -0.127. The Hall–Kier alpha value is -2.03. The molecule has 0 rings (SSSR count). The quantitative estimate of drug-likeness (QED) is 0.564. The van der Waals surface area contributed by atoms with E-state index in [0.717, 1.165) is 16.8 Å². The highest BCUT2D eigenvalue weighted by Crippen LogP contribution is 1.99. The molecule has 0 atom stereocenters. The smallest absolute Gasteiger partial charge is 0.293 e. The summed E-state index contributed by atoms with van der Waals surface area (Å²) in [6, 6.07) is 0. The van der Waals surface area contributed by atoms with Crippen LogP contribution in [0, 0.1) is 0 Å². The highest BCUT2D eigenvalue weighted by molar-refractivity contribution is 5.38. The Morgan fingerprint density at radius 3 is 2.26 bits per heavy atom. The maximum Gasteiger partial charge on any atom is 0.293 e. The van der Waals surface area contributed by atoms with Gasteiger partial charge in [0.2, 0.25) is 0 Å². The van der Waals surface area contributed by atoms with Crippen LogP contribution in [0.4, 0.5) is 0 Å². The van der Waals surface area contributed by atoms with Gasteiger partial charge in [0, 0.05) is 12.7 Å². The van der Waals surface area contributed by atoms with Gasteiger partial charge in [-0.25, -0.2) is 0 Å². The zero-order chi connectivity index (χ0) is 15.1. The molecule has 0 aromatic heterocycles. The summed E-state index contributed by atoms with van der Waals surface area (Å²) in [7, 11) is 1.89. The SMILES string of the molecule is C=C(C)/C(=C/C)NC.C=C/C=C(\C=C/C)COC=O. The van der Waals surface area contributed by atoms with E-state index in [-0.39, 0.29) is 0 Å². The molecule has 0 radical (unpaired) electrons. The van der Waals surface area contributed by atoms with Crippen molar-refractivity contribution in [3.63, 3.8) is 0 Å². The molecule has 0 saturated heterocycles. The molecule has 0 unspecified atom stereocenters. The van der Waals surface area contributed by atoms with Crippen LogP contribution in [-0.4, -0.2) is 20.1 Å². The Bertz CT molecular complexity index is 363. The fraction of sp³-hybridized carbons (Fsp3) is 0.312. The fourth-order valence-electron chi connectivity index (χ4n) is 1.25. The van der Waals surface area contributed by atoms with Gasteiger partial charge in [-0.3, -0.25) is 4.79 Å². The third-order valence-electron chi connectivity index (χ3n) is 2.05. The molecule has 0 aliphatic rings. The Morgan fingerprint density at radius 1 is 1.37 bits per heavy atom. The molecule has 3 nitrogen and oxygen atoms in total. The van der Waals surface area contributed by atoms with Gasteiger partial charge < -0.3 is 10.1 Å². The van der Waals surface area contributed by atoms with Crippen LogP contribution in [0.3, 0.4) is 0 Å². The Balaban J connectivity index is 0. The molecule has 0 spiro atoms. The van der Waals surface area contributed by atoms with Crippen molar-refractivity contribution in [3.05, 3.63) is 60.4 Å². The molecule has 0 bridgehead atoms. The summed E-state index contributed by atoms with van der Waals surface area (Å²) in [6.45, 7) is 13.9. The lowest BCUT2D eigenvalue weighted by atomic mass is 10.2. The van der Waals surface area contributed by atoms with Crippen molar-refractivity contribution in [2.45, 2.75) is 20.8 Å². The Kier molecular flexibility index (Phi) is 14.3. The lowest BCUT2D eigenvalue weighted by Gasteiger charge is -2.02. The van der Waals surface area contributed by atoms with Crippen molar-refractivity contribution >= 4 is 6.47 Å². The minimum atomic E-state index is 0.305. The van der Waals surface area contributed by atoms with Crippen molar-refractivity contribution in [2.24, 2.45) is 0 Å². The van der Waals surface area contributed by atoms with Gasteiger partial charge in [-0.15, -0.1) is 0 Å². The number of hydrogen-bond acceptors (Lipinski definition) is 3. The highest BCUT2D eigenvalue weighted by Gasteiger charge is 1.88. The second kappa shape index (κ2) is 14.0. The van der Waals surface area contributed by atoms with Gasteiger partial charge in [0.05, 0.1) is 0 Å². The molecule has 0 aliphatic heterocycles. The van der Waals surface area contributed by atoms with Gasteiger partial charge in [-0.1, -0.05) is 43.5 Å². The van der Waals surface area contributed by atoms with E-state index in [0.29, 0.717) is 13.1 Å². The second-order valence-corrected chi connectivity index (χ2v) is 3.62. The van der Waals surface area contributed by atoms with Crippen LogP contribution in [0.1, 0.15) is 20.8 Å². The number of nitrogens with one attached hydrogen (secondary N) is 1. The summed E-state index contributed by atoms with van der Waals surface area (Å²) < 4.78 is 4.55. The average molecular weight is 263 g/mol. The van der Waals surface area contributed by atoms with Crippen molar-refractivity contribution in [2.75, 3.05) is 13.7 Å². The van der Waals surface area contributed by atoms with Gasteiger partial charge >= 0.3 is 0 Å². The molecule has 0 amide bonds. The summed E-state index contributed by atoms with van der Waals surface area (Å²) in [5, 5.41) is 3.01. The van der Waals surface area contributed by atoms with Gasteiger partial charge in [0.15, 0.2) is 0 Å². The first-order valence-corrected chi connectivity index (χ1v) is 6.06. The van der Waals surface area contributed by atoms with E-state index in [1.54, 1.807) is 12.2 Å². The lowest BCUT2D eigenvalue weighted by Crippen LogP contribution is -2.05. The van der Waals surface area contributed by atoms with E-state index >= 15 is 0 Å². The molecule has 0 aliphatic carbocycles. The monoisotopic (exact) mass is 263 g/mol. The molecule has 0 fully saturated rings. The summed E-state index contributed by atoms with van der Waals surface area (Å²) >= 11 is 0. The summed E-state index contributed by atoms with van der Waals surface area (Å²) in [6.07, 6.45) is 9.20. The molecule has 3 heteroatoms. The summed E-state index contributed by atoms with van der Waals surface area (Å²) in [4.78, 5) is 9.82. The molecular weight excluding hydrogens is 238 g/mol. The number of rotatable bonds is 7. The van der Waals surface area contributed by atoms with E-state index in [9.17, 15) is 4.79 Å². The van der Waals surface area contributed by atoms with Crippen molar-refractivity contribution < 1.29 is 9.53 Å². The molecule has 106 valence electrons. The van der Waals surface area contributed by atoms with Crippen LogP contribution in [0.2, 0.25) is 0 Å². The molecule has 0 aromatic carbocycles. The number of ether oxygens (including phenoxy) is 1. The van der Waals surface area contributed by atoms with Crippen LogP contribution >= 0.6 is 0 Å². The number of allylic oxidation sites excluding steroid dienone is 5. The average Bonchev–Trinajstić information content (AvgIpc) is 2.38. The molecule has 19 heavy (non-hydrogen) atoms. The van der Waals surface area contributed by atoms with E-state index in [2.05, 4.69) is 23.2 Å². The van der Waals surface area contributed by atoms with Crippen LogP contribution in [0.5, 0.6) is 0 Å². The molecule has 0 saturated carbocycles. The van der Waals surface area contributed by atoms with Gasteiger partial charge in [0.25, 0.3) is 6.47 Å².